The maximum absolute atomic E-state index is 9.55. The van der Waals surface area contributed by atoms with Crippen LogP contribution in [0, 0.1) is 0 Å². The topological polar surface area (TPSA) is 53.9 Å². The van der Waals surface area contributed by atoms with Gasteiger partial charge in [-0.1, -0.05) is 12.1 Å². The first-order valence-electron chi connectivity index (χ1n) is 5.99. The van der Waals surface area contributed by atoms with Gasteiger partial charge in [0.2, 0.25) is 0 Å². The van der Waals surface area contributed by atoms with Crippen LogP contribution in [0.3, 0.4) is 0 Å². The van der Waals surface area contributed by atoms with Gasteiger partial charge in [-0.05, 0) is 42.4 Å². The zero-order chi connectivity index (χ0) is 11.8. The molecule has 0 amide bonds. The largest absolute Gasteiger partial charge is 0.491 e. The van der Waals surface area contributed by atoms with Crippen LogP contribution in [0.1, 0.15) is 30.9 Å². The number of fused-ring (bicyclic) bond motifs is 1. The highest BCUT2D eigenvalue weighted by Gasteiger charge is 2.27. The first-order chi connectivity index (χ1) is 8.24. The lowest BCUT2D eigenvalue weighted by atomic mass is 9.79. The highest BCUT2D eigenvalue weighted by molar-refractivity contribution is 6.61. The van der Waals surface area contributed by atoms with E-state index in [-0.39, 0.29) is 0 Å². The predicted octanol–water partition coefficient (Wildman–Crippen LogP) is 0.380. The number of rotatable bonds is 1. The Morgan fingerprint density at radius 1 is 1.53 bits per heavy atom. The smallest absolute Gasteiger partial charge is 0.423 e. The van der Waals surface area contributed by atoms with Crippen molar-refractivity contribution in [1.82, 2.24) is 5.43 Å². The second-order valence-corrected chi connectivity index (χ2v) is 4.70. The average Bonchev–Trinajstić information content (AvgIpc) is 2.72. The molecule has 2 N–H and O–H groups in total. The Kier molecular flexibility index (Phi) is 2.65. The van der Waals surface area contributed by atoms with Crippen molar-refractivity contribution in [3.63, 3.8) is 0 Å². The van der Waals surface area contributed by atoms with E-state index in [9.17, 15) is 5.02 Å². The van der Waals surface area contributed by atoms with E-state index in [1.807, 2.05) is 12.1 Å². The number of nitrogens with one attached hydrogen (secondary N) is 1. The lowest BCUT2D eigenvalue weighted by Gasteiger charge is -2.19. The minimum absolute atomic E-state index is 0.457. The van der Waals surface area contributed by atoms with E-state index in [0.29, 0.717) is 12.6 Å². The van der Waals surface area contributed by atoms with Gasteiger partial charge in [-0.15, -0.1) is 0 Å². The van der Waals surface area contributed by atoms with Crippen LogP contribution < -0.4 is 10.9 Å². The number of nitrogens with zero attached hydrogens (tertiary/aromatic N) is 1. The normalized spacial score (nSPS) is 23.1. The molecule has 1 aromatic carbocycles. The molecular weight excluding hydrogens is 215 g/mol. The second kappa shape index (κ2) is 4.16. The molecule has 0 aromatic heterocycles. The molecule has 1 atom stereocenters. The van der Waals surface area contributed by atoms with Crippen molar-refractivity contribution in [2.75, 3.05) is 0 Å². The molecule has 0 saturated heterocycles. The van der Waals surface area contributed by atoms with Crippen molar-refractivity contribution in [2.24, 2.45) is 5.10 Å². The van der Waals surface area contributed by atoms with E-state index >= 15 is 0 Å². The molecule has 2 aliphatic heterocycles. The molecule has 0 bridgehead atoms. The van der Waals surface area contributed by atoms with Gasteiger partial charge in [-0.25, -0.2) is 0 Å². The summed E-state index contributed by atoms with van der Waals surface area (Å²) in [6.45, 7) is 2.62. The Bertz CT molecular complexity index is 476. The van der Waals surface area contributed by atoms with Crippen molar-refractivity contribution in [3.8, 4) is 0 Å². The fourth-order valence-electron chi connectivity index (χ4n) is 2.28. The molecule has 1 unspecified atom stereocenters. The Labute approximate surface area is 101 Å². The third-order valence-corrected chi connectivity index (χ3v) is 3.37. The third kappa shape index (κ3) is 1.96. The molecule has 2 heterocycles. The van der Waals surface area contributed by atoms with Crippen molar-refractivity contribution >= 4 is 18.3 Å². The van der Waals surface area contributed by atoms with Crippen LogP contribution in [0.2, 0.25) is 0 Å². The standard InChI is InChI=1S/C12H15BN2O2/c1-8-2-5-12(15-14-8)9-3-4-11-10(6-9)7-17-13(11)16/h3-4,6,8,14,16H,2,5,7H2,1H3. The molecule has 2 aliphatic rings. The maximum Gasteiger partial charge on any atom is 0.491 e. The molecule has 0 aliphatic carbocycles. The third-order valence-electron chi connectivity index (χ3n) is 3.37. The van der Waals surface area contributed by atoms with Crippen LogP contribution in [0.15, 0.2) is 23.3 Å². The van der Waals surface area contributed by atoms with E-state index in [0.717, 1.165) is 35.1 Å². The molecule has 0 radical (unpaired) electrons. The summed E-state index contributed by atoms with van der Waals surface area (Å²) in [5.41, 5.74) is 7.28. The molecule has 0 fully saturated rings. The van der Waals surface area contributed by atoms with Crippen molar-refractivity contribution in [1.29, 1.82) is 0 Å². The minimum Gasteiger partial charge on any atom is -0.423 e. The second-order valence-electron chi connectivity index (χ2n) is 4.70. The zero-order valence-electron chi connectivity index (χ0n) is 9.81. The quantitative estimate of drug-likeness (QED) is 0.686. The number of hydrogen-bond acceptors (Lipinski definition) is 4. The monoisotopic (exact) mass is 230 g/mol. The molecule has 3 rings (SSSR count). The summed E-state index contributed by atoms with van der Waals surface area (Å²) in [7, 11) is -0.759. The highest BCUT2D eigenvalue weighted by Crippen LogP contribution is 2.16. The molecule has 1 aromatic rings. The minimum atomic E-state index is -0.759. The predicted molar refractivity (Wildman–Crippen MR) is 67.2 cm³/mol. The molecule has 0 spiro atoms. The SMILES string of the molecule is CC1CCC(c2ccc3c(c2)COB3O)=NN1. The molecule has 0 saturated carbocycles. The van der Waals surface area contributed by atoms with E-state index < -0.39 is 7.12 Å². The van der Waals surface area contributed by atoms with Gasteiger partial charge in [0.15, 0.2) is 0 Å². The summed E-state index contributed by atoms with van der Waals surface area (Å²) in [5, 5.41) is 13.9. The van der Waals surface area contributed by atoms with Gasteiger partial charge in [0.25, 0.3) is 0 Å². The van der Waals surface area contributed by atoms with Gasteiger partial charge in [-0.3, -0.25) is 0 Å². The molecule has 4 nitrogen and oxygen atoms in total. The van der Waals surface area contributed by atoms with Crippen molar-refractivity contribution in [3.05, 3.63) is 29.3 Å². The Hall–Kier alpha value is -1.33. The fourth-order valence-corrected chi connectivity index (χ4v) is 2.28. The van der Waals surface area contributed by atoms with Crippen LogP contribution in [-0.4, -0.2) is 23.9 Å². The number of hydrazone groups is 1. The van der Waals surface area contributed by atoms with Crippen LogP contribution in [-0.2, 0) is 11.3 Å². The zero-order valence-corrected chi connectivity index (χ0v) is 9.81. The molecule has 17 heavy (non-hydrogen) atoms. The summed E-state index contributed by atoms with van der Waals surface area (Å²) < 4.78 is 5.18. The Balaban J connectivity index is 1.90. The first kappa shape index (κ1) is 10.8. The van der Waals surface area contributed by atoms with Gasteiger partial charge in [0.05, 0.1) is 12.3 Å². The van der Waals surface area contributed by atoms with E-state index in [1.165, 1.54) is 0 Å². The summed E-state index contributed by atoms with van der Waals surface area (Å²) >= 11 is 0. The highest BCUT2D eigenvalue weighted by atomic mass is 16.5. The molecular formula is C12H15BN2O2. The fraction of sp³-hybridized carbons (Fsp3) is 0.417. The Morgan fingerprint density at radius 3 is 3.18 bits per heavy atom. The molecule has 88 valence electrons. The lowest BCUT2D eigenvalue weighted by molar-refractivity contribution is 0.275. The summed E-state index contributed by atoms with van der Waals surface area (Å²) in [6, 6.07) is 6.47. The van der Waals surface area contributed by atoms with Gasteiger partial charge in [0, 0.05) is 6.04 Å². The van der Waals surface area contributed by atoms with Crippen LogP contribution >= 0.6 is 0 Å². The van der Waals surface area contributed by atoms with E-state index in [1.54, 1.807) is 0 Å². The average molecular weight is 230 g/mol. The van der Waals surface area contributed by atoms with E-state index in [4.69, 9.17) is 4.65 Å². The van der Waals surface area contributed by atoms with Gasteiger partial charge < -0.3 is 15.1 Å². The van der Waals surface area contributed by atoms with E-state index in [2.05, 4.69) is 23.5 Å². The Morgan fingerprint density at radius 2 is 2.41 bits per heavy atom. The van der Waals surface area contributed by atoms with Crippen molar-refractivity contribution in [2.45, 2.75) is 32.4 Å². The van der Waals surface area contributed by atoms with Gasteiger partial charge in [-0.2, -0.15) is 5.10 Å². The maximum atomic E-state index is 9.55. The summed E-state index contributed by atoms with van der Waals surface area (Å²) in [4.78, 5) is 0. The number of hydrogen-bond donors (Lipinski definition) is 2. The van der Waals surface area contributed by atoms with Gasteiger partial charge in [0.1, 0.15) is 0 Å². The van der Waals surface area contributed by atoms with Crippen LogP contribution in [0.4, 0.5) is 0 Å². The summed E-state index contributed by atoms with van der Waals surface area (Å²) in [6.07, 6.45) is 2.10. The number of benzene rings is 1. The lowest BCUT2D eigenvalue weighted by Crippen LogP contribution is -2.30. The van der Waals surface area contributed by atoms with Crippen molar-refractivity contribution < 1.29 is 9.68 Å². The summed E-state index contributed by atoms with van der Waals surface area (Å²) in [5.74, 6) is 0. The first-order valence-corrected chi connectivity index (χ1v) is 5.99. The van der Waals surface area contributed by atoms with Crippen LogP contribution in [0.25, 0.3) is 0 Å². The van der Waals surface area contributed by atoms with Gasteiger partial charge >= 0.3 is 7.12 Å². The molecule has 5 heteroatoms. The van der Waals surface area contributed by atoms with Crippen LogP contribution in [0.5, 0.6) is 0 Å².